The molecular weight excluding hydrogens is 389 g/mol. The topological polar surface area (TPSA) is 68.8 Å². The molecule has 1 unspecified atom stereocenters. The molecule has 1 heterocycles. The Bertz CT molecular complexity index is 841. The maximum absolute atomic E-state index is 12.2. The molecule has 1 aliphatic heterocycles. The maximum atomic E-state index is 12.2. The number of urea groups is 1. The van der Waals surface area contributed by atoms with E-state index >= 15 is 0 Å². The van der Waals surface area contributed by atoms with E-state index in [2.05, 4.69) is 15.4 Å². The molecule has 0 aromatic heterocycles. The molecule has 2 aromatic rings. The minimum absolute atomic E-state index is 0.112. The molecule has 0 aliphatic carbocycles. The predicted octanol–water partition coefficient (Wildman–Crippen LogP) is 3.96. The van der Waals surface area contributed by atoms with Crippen LogP contribution in [0.3, 0.4) is 0 Å². The lowest BCUT2D eigenvalue weighted by Gasteiger charge is -2.19. The number of benzene rings is 2. The van der Waals surface area contributed by atoms with E-state index in [0.29, 0.717) is 31.3 Å². The van der Waals surface area contributed by atoms with E-state index in [1.54, 1.807) is 25.1 Å². The molecule has 0 bridgehead atoms. The molecule has 0 fully saturated rings. The Balaban J connectivity index is 1.47. The van der Waals surface area contributed by atoms with Crippen molar-refractivity contribution in [3.63, 3.8) is 0 Å². The average Bonchev–Trinajstić information content (AvgIpc) is 2.70. The lowest BCUT2D eigenvalue weighted by Crippen LogP contribution is -2.36. The van der Waals surface area contributed by atoms with Crippen LogP contribution in [-0.2, 0) is 6.54 Å². The quantitative estimate of drug-likeness (QED) is 0.757. The number of halogens is 3. The van der Waals surface area contributed by atoms with Crippen molar-refractivity contribution in [3.8, 4) is 17.2 Å². The summed E-state index contributed by atoms with van der Waals surface area (Å²) in [5.41, 5.74) is 1.60. The Morgan fingerprint density at radius 1 is 1.10 bits per heavy atom. The number of amides is 2. The van der Waals surface area contributed by atoms with Crippen molar-refractivity contribution in [1.29, 1.82) is 0 Å². The van der Waals surface area contributed by atoms with Crippen molar-refractivity contribution in [1.82, 2.24) is 10.6 Å². The van der Waals surface area contributed by atoms with Crippen LogP contribution in [0.2, 0.25) is 0 Å². The molecule has 2 amide bonds. The first-order valence-corrected chi connectivity index (χ1v) is 9.02. The molecule has 9 heteroatoms. The van der Waals surface area contributed by atoms with E-state index in [9.17, 15) is 18.0 Å². The van der Waals surface area contributed by atoms with Gasteiger partial charge in [0.25, 0.3) is 0 Å². The Morgan fingerprint density at radius 3 is 2.48 bits per heavy atom. The van der Waals surface area contributed by atoms with E-state index in [1.807, 2.05) is 12.1 Å². The fourth-order valence-electron chi connectivity index (χ4n) is 2.73. The van der Waals surface area contributed by atoms with Crippen molar-refractivity contribution in [2.45, 2.75) is 25.7 Å². The molecule has 156 valence electrons. The van der Waals surface area contributed by atoms with E-state index in [-0.39, 0.29) is 17.8 Å². The van der Waals surface area contributed by atoms with Gasteiger partial charge in [-0.25, -0.2) is 4.79 Å². The van der Waals surface area contributed by atoms with Gasteiger partial charge in [0.15, 0.2) is 18.1 Å². The van der Waals surface area contributed by atoms with E-state index in [4.69, 9.17) is 9.47 Å². The third kappa shape index (κ3) is 6.20. The molecule has 2 aromatic carbocycles. The molecule has 3 rings (SSSR count). The lowest BCUT2D eigenvalue weighted by molar-refractivity contribution is -0.153. The summed E-state index contributed by atoms with van der Waals surface area (Å²) in [5.74, 6) is 1.44. The summed E-state index contributed by atoms with van der Waals surface area (Å²) in [6, 6.07) is 10.8. The van der Waals surface area contributed by atoms with Crippen molar-refractivity contribution in [3.05, 3.63) is 53.6 Å². The molecule has 0 spiro atoms. The summed E-state index contributed by atoms with van der Waals surface area (Å²) < 4.78 is 52.2. The number of fused-ring (bicyclic) bond motifs is 1. The van der Waals surface area contributed by atoms with Crippen LogP contribution in [0.1, 0.15) is 24.1 Å². The molecule has 1 atom stereocenters. The highest BCUT2D eigenvalue weighted by atomic mass is 19.4. The largest absolute Gasteiger partial charge is 0.486 e. The zero-order chi connectivity index (χ0) is 20.9. The zero-order valence-corrected chi connectivity index (χ0v) is 15.7. The van der Waals surface area contributed by atoms with Crippen LogP contribution in [0, 0.1) is 0 Å². The second-order valence-electron chi connectivity index (χ2n) is 6.50. The monoisotopic (exact) mass is 410 g/mol. The number of ether oxygens (including phenoxy) is 3. The first kappa shape index (κ1) is 20.6. The first-order chi connectivity index (χ1) is 13.8. The van der Waals surface area contributed by atoms with Gasteiger partial charge >= 0.3 is 12.2 Å². The Labute approximate surface area is 166 Å². The van der Waals surface area contributed by atoms with Crippen molar-refractivity contribution >= 4 is 6.03 Å². The fraction of sp³-hybridized carbons (Fsp3) is 0.350. The van der Waals surface area contributed by atoms with Gasteiger partial charge in [-0.15, -0.1) is 0 Å². The van der Waals surface area contributed by atoms with Gasteiger partial charge in [-0.05, 0) is 42.3 Å². The van der Waals surface area contributed by atoms with Crippen LogP contribution in [0.25, 0.3) is 0 Å². The minimum atomic E-state index is -4.39. The molecule has 2 N–H and O–H groups in total. The van der Waals surface area contributed by atoms with Gasteiger partial charge in [0.1, 0.15) is 19.0 Å². The Morgan fingerprint density at radius 2 is 1.79 bits per heavy atom. The summed E-state index contributed by atoms with van der Waals surface area (Å²) in [4.78, 5) is 12.1. The lowest BCUT2D eigenvalue weighted by atomic mass is 10.1. The second-order valence-corrected chi connectivity index (χ2v) is 6.50. The second kappa shape index (κ2) is 8.93. The highest BCUT2D eigenvalue weighted by Gasteiger charge is 2.28. The predicted molar refractivity (Wildman–Crippen MR) is 99.2 cm³/mol. The molecule has 0 saturated heterocycles. The summed E-state index contributed by atoms with van der Waals surface area (Å²) in [6.45, 7) is 1.74. The van der Waals surface area contributed by atoms with Crippen LogP contribution in [0.5, 0.6) is 17.2 Å². The smallest absolute Gasteiger partial charge is 0.422 e. The van der Waals surface area contributed by atoms with Crippen LogP contribution >= 0.6 is 0 Å². The maximum Gasteiger partial charge on any atom is 0.422 e. The molecule has 0 saturated carbocycles. The third-order valence-electron chi connectivity index (χ3n) is 4.19. The number of rotatable bonds is 6. The number of alkyl halides is 3. The highest BCUT2D eigenvalue weighted by Crippen LogP contribution is 2.30. The molecule has 1 aliphatic rings. The van der Waals surface area contributed by atoms with Gasteiger partial charge in [0.2, 0.25) is 0 Å². The first-order valence-electron chi connectivity index (χ1n) is 9.02. The van der Waals surface area contributed by atoms with Crippen LogP contribution in [0.4, 0.5) is 18.0 Å². The van der Waals surface area contributed by atoms with Gasteiger partial charge in [0, 0.05) is 6.54 Å². The van der Waals surface area contributed by atoms with E-state index < -0.39 is 12.8 Å². The molecule has 6 nitrogen and oxygen atoms in total. The SMILES string of the molecule is CC(NC(=O)NCc1ccc2c(c1)OCCO2)c1ccc(OCC(F)(F)F)cc1. The summed E-state index contributed by atoms with van der Waals surface area (Å²) in [6.07, 6.45) is -4.39. The minimum Gasteiger partial charge on any atom is -0.486 e. The zero-order valence-electron chi connectivity index (χ0n) is 15.7. The number of carbonyl (C=O) groups is 1. The Hall–Kier alpha value is -3.10. The van der Waals surface area contributed by atoms with E-state index in [1.165, 1.54) is 12.1 Å². The van der Waals surface area contributed by atoms with Gasteiger partial charge in [-0.3, -0.25) is 0 Å². The van der Waals surface area contributed by atoms with Crippen LogP contribution < -0.4 is 24.8 Å². The summed E-state index contributed by atoms with van der Waals surface area (Å²) >= 11 is 0. The molecular formula is C20H21F3N2O4. The fourth-order valence-corrected chi connectivity index (χ4v) is 2.73. The van der Waals surface area contributed by atoms with Gasteiger partial charge < -0.3 is 24.8 Å². The van der Waals surface area contributed by atoms with Gasteiger partial charge in [-0.1, -0.05) is 18.2 Å². The number of carbonyl (C=O) groups excluding carboxylic acids is 1. The van der Waals surface area contributed by atoms with E-state index in [0.717, 1.165) is 11.1 Å². The number of hydrogen-bond donors (Lipinski definition) is 2. The van der Waals surface area contributed by atoms with Crippen molar-refractivity contribution in [2.75, 3.05) is 19.8 Å². The van der Waals surface area contributed by atoms with Gasteiger partial charge in [0.05, 0.1) is 6.04 Å². The summed E-state index contributed by atoms with van der Waals surface area (Å²) in [7, 11) is 0. The third-order valence-corrected chi connectivity index (χ3v) is 4.19. The van der Waals surface area contributed by atoms with Crippen molar-refractivity contribution in [2.24, 2.45) is 0 Å². The van der Waals surface area contributed by atoms with Crippen molar-refractivity contribution < 1.29 is 32.2 Å². The van der Waals surface area contributed by atoms with Crippen LogP contribution in [-0.4, -0.2) is 32.0 Å². The van der Waals surface area contributed by atoms with Crippen LogP contribution in [0.15, 0.2) is 42.5 Å². The normalized spacial score (nSPS) is 14.1. The standard InChI is InChI=1S/C20H21F3N2O4/c1-13(15-3-5-16(6-4-15)29-12-20(21,22)23)25-19(26)24-11-14-2-7-17-18(10-14)28-9-8-27-17/h2-7,10,13H,8-9,11-12H2,1H3,(H2,24,25,26). The average molecular weight is 410 g/mol. The highest BCUT2D eigenvalue weighted by molar-refractivity contribution is 5.74. The Kier molecular flexibility index (Phi) is 6.36. The number of nitrogens with one attached hydrogen (secondary N) is 2. The molecule has 0 radical (unpaired) electrons. The number of hydrogen-bond acceptors (Lipinski definition) is 4. The summed E-state index contributed by atoms with van der Waals surface area (Å²) in [5, 5.41) is 5.54. The van der Waals surface area contributed by atoms with Gasteiger partial charge in [-0.2, -0.15) is 13.2 Å². The molecule has 29 heavy (non-hydrogen) atoms.